The van der Waals surface area contributed by atoms with Gasteiger partial charge in [-0.1, -0.05) is 12.1 Å². The van der Waals surface area contributed by atoms with Gasteiger partial charge in [0.15, 0.2) is 5.96 Å². The number of guanidine groups is 1. The normalized spacial score (nSPS) is 9.96. The summed E-state index contributed by atoms with van der Waals surface area (Å²) in [5.41, 5.74) is 7.00. The van der Waals surface area contributed by atoms with E-state index in [1.165, 1.54) is 0 Å². The summed E-state index contributed by atoms with van der Waals surface area (Å²) in [6.07, 6.45) is 0.862. The van der Waals surface area contributed by atoms with E-state index < -0.39 is 0 Å². The van der Waals surface area contributed by atoms with Gasteiger partial charge in [-0.3, -0.25) is 10.2 Å². The number of anilines is 1. The SMILES string of the molecule is COc1ccc(OC(=O)CCc2ccc(NC(=N)N)cc2)cc1. The molecule has 2 aromatic carbocycles. The van der Waals surface area contributed by atoms with Crippen LogP contribution in [-0.4, -0.2) is 19.0 Å². The topological polar surface area (TPSA) is 97.4 Å². The van der Waals surface area contributed by atoms with Crippen molar-refractivity contribution >= 4 is 17.6 Å². The van der Waals surface area contributed by atoms with Gasteiger partial charge in [0, 0.05) is 12.1 Å². The highest BCUT2D eigenvalue weighted by molar-refractivity contribution is 5.89. The van der Waals surface area contributed by atoms with E-state index in [4.69, 9.17) is 20.6 Å². The lowest BCUT2D eigenvalue weighted by Crippen LogP contribution is -2.20. The van der Waals surface area contributed by atoms with E-state index >= 15 is 0 Å². The van der Waals surface area contributed by atoms with Crippen LogP contribution in [0.2, 0.25) is 0 Å². The molecule has 0 bridgehead atoms. The van der Waals surface area contributed by atoms with Gasteiger partial charge in [-0.2, -0.15) is 0 Å². The molecule has 0 aliphatic rings. The fourth-order valence-electron chi connectivity index (χ4n) is 1.98. The maximum atomic E-state index is 11.8. The minimum atomic E-state index is -0.291. The van der Waals surface area contributed by atoms with Gasteiger partial charge >= 0.3 is 5.97 Å². The summed E-state index contributed by atoms with van der Waals surface area (Å²) in [4.78, 5) is 11.8. The van der Waals surface area contributed by atoms with Crippen molar-refractivity contribution in [2.75, 3.05) is 12.4 Å². The van der Waals surface area contributed by atoms with E-state index in [1.807, 2.05) is 24.3 Å². The molecule has 6 nitrogen and oxygen atoms in total. The number of carbonyl (C=O) groups is 1. The molecule has 0 unspecified atom stereocenters. The summed E-state index contributed by atoms with van der Waals surface area (Å²) in [5, 5.41) is 9.85. The average Bonchev–Trinajstić information content (AvgIpc) is 2.54. The van der Waals surface area contributed by atoms with Crippen molar-refractivity contribution in [3.05, 3.63) is 54.1 Å². The third-order valence-corrected chi connectivity index (χ3v) is 3.14. The predicted octanol–water partition coefficient (Wildman–Crippen LogP) is 2.54. The lowest BCUT2D eigenvalue weighted by atomic mass is 10.1. The number of ether oxygens (including phenoxy) is 2. The molecular weight excluding hydrogens is 294 g/mol. The third-order valence-electron chi connectivity index (χ3n) is 3.14. The van der Waals surface area contributed by atoms with E-state index in [0.717, 1.165) is 11.3 Å². The molecule has 0 aliphatic heterocycles. The zero-order valence-electron chi connectivity index (χ0n) is 12.8. The number of benzene rings is 2. The third kappa shape index (κ3) is 5.35. The molecule has 120 valence electrons. The van der Waals surface area contributed by atoms with Crippen molar-refractivity contribution in [3.8, 4) is 11.5 Å². The molecule has 6 heteroatoms. The zero-order valence-corrected chi connectivity index (χ0v) is 12.8. The molecule has 0 amide bonds. The summed E-state index contributed by atoms with van der Waals surface area (Å²) in [7, 11) is 1.58. The minimum absolute atomic E-state index is 0.110. The van der Waals surface area contributed by atoms with Crippen LogP contribution in [0.1, 0.15) is 12.0 Å². The van der Waals surface area contributed by atoms with Crippen LogP contribution in [0.4, 0.5) is 5.69 Å². The second kappa shape index (κ2) is 7.84. The van der Waals surface area contributed by atoms with Gasteiger partial charge < -0.3 is 20.5 Å². The Labute approximate surface area is 134 Å². The molecule has 0 spiro atoms. The Kier molecular flexibility index (Phi) is 5.57. The number of esters is 1. The second-order valence-corrected chi connectivity index (χ2v) is 4.89. The summed E-state index contributed by atoms with van der Waals surface area (Å²) < 4.78 is 10.3. The van der Waals surface area contributed by atoms with E-state index in [2.05, 4.69) is 5.32 Å². The molecule has 0 heterocycles. The maximum absolute atomic E-state index is 11.8. The molecule has 0 saturated heterocycles. The lowest BCUT2D eigenvalue weighted by molar-refractivity contribution is -0.134. The van der Waals surface area contributed by atoms with Gasteiger partial charge in [0.2, 0.25) is 0 Å². The van der Waals surface area contributed by atoms with Crippen molar-refractivity contribution in [1.82, 2.24) is 0 Å². The van der Waals surface area contributed by atoms with Crippen molar-refractivity contribution in [2.24, 2.45) is 5.73 Å². The van der Waals surface area contributed by atoms with E-state index in [1.54, 1.807) is 31.4 Å². The van der Waals surface area contributed by atoms with Gasteiger partial charge in [-0.05, 0) is 48.4 Å². The van der Waals surface area contributed by atoms with Crippen molar-refractivity contribution in [1.29, 1.82) is 5.41 Å². The standard InChI is InChI=1S/C17H19N3O3/c1-22-14-7-9-15(10-8-14)23-16(21)11-4-12-2-5-13(6-3-12)20-17(18)19/h2-3,5-10H,4,11H2,1H3,(H4,18,19,20). The van der Waals surface area contributed by atoms with Crippen LogP contribution < -0.4 is 20.5 Å². The zero-order chi connectivity index (χ0) is 16.7. The number of aryl methyl sites for hydroxylation is 1. The van der Waals surface area contributed by atoms with Crippen molar-refractivity contribution in [2.45, 2.75) is 12.8 Å². The summed E-state index contributed by atoms with van der Waals surface area (Å²) in [6.45, 7) is 0. The van der Waals surface area contributed by atoms with Crippen molar-refractivity contribution in [3.63, 3.8) is 0 Å². The van der Waals surface area contributed by atoms with Crippen LogP contribution in [0, 0.1) is 5.41 Å². The molecule has 4 N–H and O–H groups in total. The highest BCUT2D eigenvalue weighted by atomic mass is 16.5. The minimum Gasteiger partial charge on any atom is -0.497 e. The molecule has 0 aliphatic carbocycles. The Bertz CT molecular complexity index is 666. The quantitative estimate of drug-likeness (QED) is 0.329. The number of hydrogen-bond acceptors (Lipinski definition) is 4. The highest BCUT2D eigenvalue weighted by Gasteiger charge is 2.06. The molecular formula is C17H19N3O3. The molecule has 0 aromatic heterocycles. The van der Waals surface area contributed by atoms with Crippen LogP contribution in [0.3, 0.4) is 0 Å². The molecule has 0 radical (unpaired) electrons. The van der Waals surface area contributed by atoms with Gasteiger partial charge in [0.25, 0.3) is 0 Å². The fourth-order valence-corrected chi connectivity index (χ4v) is 1.98. The molecule has 2 aromatic rings. The van der Waals surface area contributed by atoms with Crippen LogP contribution >= 0.6 is 0 Å². The average molecular weight is 313 g/mol. The molecule has 0 atom stereocenters. The highest BCUT2D eigenvalue weighted by Crippen LogP contribution is 2.18. The largest absolute Gasteiger partial charge is 0.497 e. The van der Waals surface area contributed by atoms with Crippen molar-refractivity contribution < 1.29 is 14.3 Å². The number of nitrogens with two attached hydrogens (primary N) is 1. The van der Waals surface area contributed by atoms with E-state index in [0.29, 0.717) is 17.9 Å². The lowest BCUT2D eigenvalue weighted by Gasteiger charge is -2.07. The number of rotatable bonds is 6. The van der Waals surface area contributed by atoms with Gasteiger partial charge in [0.1, 0.15) is 11.5 Å². The number of nitrogens with one attached hydrogen (secondary N) is 2. The molecule has 0 saturated carbocycles. The second-order valence-electron chi connectivity index (χ2n) is 4.89. The Hall–Kier alpha value is -3.02. The van der Waals surface area contributed by atoms with Crippen LogP contribution in [-0.2, 0) is 11.2 Å². The van der Waals surface area contributed by atoms with Crippen LogP contribution in [0.25, 0.3) is 0 Å². The summed E-state index contributed by atoms with van der Waals surface area (Å²) in [6, 6.07) is 14.2. The predicted molar refractivity (Wildman–Crippen MR) is 88.9 cm³/mol. The Morgan fingerprint density at radius 3 is 2.26 bits per heavy atom. The summed E-state index contributed by atoms with van der Waals surface area (Å²) in [5.74, 6) is 0.808. The number of carbonyl (C=O) groups excluding carboxylic acids is 1. The van der Waals surface area contributed by atoms with Gasteiger partial charge in [-0.15, -0.1) is 0 Å². The van der Waals surface area contributed by atoms with E-state index in [9.17, 15) is 4.79 Å². The molecule has 2 rings (SSSR count). The Balaban J connectivity index is 1.82. The Morgan fingerprint density at radius 2 is 1.70 bits per heavy atom. The first-order chi connectivity index (χ1) is 11.1. The van der Waals surface area contributed by atoms with Crippen LogP contribution in [0.5, 0.6) is 11.5 Å². The monoisotopic (exact) mass is 313 g/mol. The maximum Gasteiger partial charge on any atom is 0.311 e. The van der Waals surface area contributed by atoms with Gasteiger partial charge in [0.05, 0.1) is 7.11 Å². The first kappa shape index (κ1) is 16.4. The van der Waals surface area contributed by atoms with Gasteiger partial charge in [-0.25, -0.2) is 0 Å². The number of methoxy groups -OCH3 is 1. The number of hydrogen-bond donors (Lipinski definition) is 3. The Morgan fingerprint density at radius 1 is 1.09 bits per heavy atom. The fraction of sp³-hybridized carbons (Fsp3) is 0.176. The van der Waals surface area contributed by atoms with E-state index in [-0.39, 0.29) is 18.3 Å². The smallest absolute Gasteiger partial charge is 0.311 e. The molecule has 0 fully saturated rings. The first-order valence-electron chi connectivity index (χ1n) is 7.11. The van der Waals surface area contributed by atoms with Crippen LogP contribution in [0.15, 0.2) is 48.5 Å². The first-order valence-corrected chi connectivity index (χ1v) is 7.11. The summed E-state index contributed by atoms with van der Waals surface area (Å²) >= 11 is 0. The molecule has 23 heavy (non-hydrogen) atoms.